The second-order valence-corrected chi connectivity index (χ2v) is 4.73. The molecule has 0 aliphatic heterocycles. The molecule has 0 radical (unpaired) electrons. The largest absolute Gasteiger partial charge is 0.369 e. The van der Waals surface area contributed by atoms with Crippen LogP contribution >= 0.6 is 23.4 Å². The Morgan fingerprint density at radius 3 is 2.94 bits per heavy atom. The Balaban J connectivity index is 1.91. The van der Waals surface area contributed by atoms with Crippen LogP contribution in [0.25, 0.3) is 0 Å². The number of nitrogens with zero attached hydrogens (tertiary/aromatic N) is 5. The number of aromatic nitrogens is 5. The van der Waals surface area contributed by atoms with Gasteiger partial charge in [0.1, 0.15) is 17.3 Å². The zero-order valence-electron chi connectivity index (χ0n) is 10.1. The van der Waals surface area contributed by atoms with E-state index in [9.17, 15) is 0 Å². The average Bonchev–Trinajstić information content (AvgIpc) is 2.74. The molecule has 0 unspecified atom stereocenters. The van der Waals surface area contributed by atoms with Crippen molar-refractivity contribution >= 4 is 29.2 Å². The van der Waals surface area contributed by atoms with Crippen LogP contribution in [0.4, 0.5) is 5.82 Å². The topological polar surface area (TPSA) is 68.5 Å². The van der Waals surface area contributed by atoms with Gasteiger partial charge in [0.2, 0.25) is 0 Å². The second-order valence-electron chi connectivity index (χ2n) is 3.57. The molecule has 2 aromatic heterocycles. The SMILES string of the molecule is CSc1nc(Cl)cc(NCCc2ncn(C)n2)n1. The number of aryl methyl sites for hydroxylation is 1. The number of anilines is 1. The van der Waals surface area contributed by atoms with Crippen LogP contribution in [0.3, 0.4) is 0 Å². The predicted molar refractivity (Wildman–Crippen MR) is 72.0 cm³/mol. The first-order valence-corrected chi connectivity index (χ1v) is 6.94. The van der Waals surface area contributed by atoms with Gasteiger partial charge in [-0.1, -0.05) is 23.4 Å². The quantitative estimate of drug-likeness (QED) is 0.511. The fraction of sp³-hybridized carbons (Fsp3) is 0.400. The molecule has 0 saturated heterocycles. The van der Waals surface area contributed by atoms with Gasteiger partial charge in [-0.25, -0.2) is 15.0 Å². The molecule has 2 heterocycles. The van der Waals surface area contributed by atoms with Crippen LogP contribution in [0.15, 0.2) is 17.6 Å². The van der Waals surface area contributed by atoms with Crippen molar-refractivity contribution in [3.8, 4) is 0 Å². The van der Waals surface area contributed by atoms with Crippen LogP contribution in [0, 0.1) is 0 Å². The molecule has 0 atom stereocenters. The summed E-state index contributed by atoms with van der Waals surface area (Å²) in [6.07, 6.45) is 4.33. The molecular weight excluding hydrogens is 272 g/mol. The third-order valence-corrected chi connectivity index (χ3v) is 2.90. The van der Waals surface area contributed by atoms with Crippen LogP contribution in [-0.4, -0.2) is 37.5 Å². The summed E-state index contributed by atoms with van der Waals surface area (Å²) >= 11 is 7.35. The van der Waals surface area contributed by atoms with E-state index in [1.54, 1.807) is 17.1 Å². The van der Waals surface area contributed by atoms with E-state index in [1.807, 2.05) is 13.3 Å². The molecule has 0 spiro atoms. The zero-order chi connectivity index (χ0) is 13.0. The number of hydrogen-bond donors (Lipinski definition) is 1. The Kier molecular flexibility index (Phi) is 4.38. The first-order chi connectivity index (χ1) is 8.67. The highest BCUT2D eigenvalue weighted by Crippen LogP contribution is 2.16. The first-order valence-electron chi connectivity index (χ1n) is 5.34. The van der Waals surface area contributed by atoms with Crippen LogP contribution < -0.4 is 5.32 Å². The predicted octanol–water partition coefficient (Wildman–Crippen LogP) is 1.63. The van der Waals surface area contributed by atoms with E-state index in [4.69, 9.17) is 11.6 Å². The Morgan fingerprint density at radius 2 is 2.28 bits per heavy atom. The van der Waals surface area contributed by atoms with Crippen molar-refractivity contribution < 1.29 is 0 Å². The maximum Gasteiger partial charge on any atom is 0.190 e. The van der Waals surface area contributed by atoms with Gasteiger partial charge in [-0.05, 0) is 6.26 Å². The van der Waals surface area contributed by atoms with Crippen LogP contribution in [0.2, 0.25) is 5.15 Å². The molecule has 0 aromatic carbocycles. The van der Waals surface area contributed by atoms with Gasteiger partial charge in [0.15, 0.2) is 11.0 Å². The molecule has 0 saturated carbocycles. The number of thioether (sulfide) groups is 1. The lowest BCUT2D eigenvalue weighted by Crippen LogP contribution is -2.08. The molecule has 0 aliphatic carbocycles. The molecule has 0 amide bonds. The summed E-state index contributed by atoms with van der Waals surface area (Å²) in [4.78, 5) is 12.5. The molecule has 96 valence electrons. The molecule has 8 heteroatoms. The second kappa shape index (κ2) is 6.01. The smallest absolute Gasteiger partial charge is 0.190 e. The monoisotopic (exact) mass is 284 g/mol. The van der Waals surface area contributed by atoms with Gasteiger partial charge in [0.25, 0.3) is 0 Å². The number of rotatable bonds is 5. The van der Waals surface area contributed by atoms with Gasteiger partial charge in [-0.2, -0.15) is 5.10 Å². The van der Waals surface area contributed by atoms with Crippen molar-refractivity contribution in [3.05, 3.63) is 23.4 Å². The van der Waals surface area contributed by atoms with Crippen molar-refractivity contribution in [1.29, 1.82) is 0 Å². The highest BCUT2D eigenvalue weighted by atomic mass is 35.5. The normalized spacial score (nSPS) is 10.6. The standard InChI is InChI=1S/C10H13ClN6S/c1-17-6-13-8(16-17)3-4-12-9-5-7(11)14-10(15-9)18-2/h5-6H,3-4H2,1-2H3,(H,12,14,15). The van der Waals surface area contributed by atoms with Gasteiger partial charge >= 0.3 is 0 Å². The van der Waals surface area contributed by atoms with E-state index in [1.165, 1.54) is 11.8 Å². The summed E-state index contributed by atoms with van der Waals surface area (Å²) in [6, 6.07) is 1.70. The molecular formula is C10H13ClN6S. The Morgan fingerprint density at radius 1 is 1.44 bits per heavy atom. The highest BCUT2D eigenvalue weighted by Gasteiger charge is 2.03. The molecule has 6 nitrogen and oxygen atoms in total. The van der Waals surface area contributed by atoms with E-state index in [0.717, 1.165) is 18.1 Å². The van der Waals surface area contributed by atoms with Gasteiger partial charge in [0.05, 0.1) is 0 Å². The van der Waals surface area contributed by atoms with Crippen molar-refractivity contribution in [1.82, 2.24) is 24.7 Å². The molecule has 18 heavy (non-hydrogen) atoms. The lowest BCUT2D eigenvalue weighted by molar-refractivity contribution is 0.741. The van der Waals surface area contributed by atoms with Gasteiger partial charge < -0.3 is 5.32 Å². The molecule has 2 aromatic rings. The van der Waals surface area contributed by atoms with E-state index < -0.39 is 0 Å². The molecule has 0 bridgehead atoms. The van der Waals surface area contributed by atoms with E-state index in [2.05, 4.69) is 25.4 Å². The third-order valence-electron chi connectivity index (χ3n) is 2.16. The molecule has 0 fully saturated rings. The Hall–Kier alpha value is -1.34. The van der Waals surface area contributed by atoms with Crippen LogP contribution in [-0.2, 0) is 13.5 Å². The Bertz CT molecular complexity index is 529. The lowest BCUT2D eigenvalue weighted by Gasteiger charge is -2.05. The first kappa shape index (κ1) is 13.1. The summed E-state index contributed by atoms with van der Waals surface area (Å²) in [5.74, 6) is 1.52. The molecule has 2 rings (SSSR count). The summed E-state index contributed by atoms with van der Waals surface area (Å²) in [7, 11) is 1.85. The minimum Gasteiger partial charge on any atom is -0.369 e. The number of nitrogens with one attached hydrogen (secondary N) is 1. The number of hydrogen-bond acceptors (Lipinski definition) is 6. The molecule has 1 N–H and O–H groups in total. The van der Waals surface area contributed by atoms with Crippen molar-refractivity contribution in [2.24, 2.45) is 7.05 Å². The fourth-order valence-electron chi connectivity index (χ4n) is 1.38. The summed E-state index contributed by atoms with van der Waals surface area (Å²) in [5.41, 5.74) is 0. The average molecular weight is 285 g/mol. The third kappa shape index (κ3) is 3.58. The van der Waals surface area contributed by atoms with E-state index >= 15 is 0 Å². The molecule has 0 aliphatic rings. The maximum absolute atomic E-state index is 5.90. The van der Waals surface area contributed by atoms with Crippen molar-refractivity contribution in [2.45, 2.75) is 11.6 Å². The maximum atomic E-state index is 5.90. The minimum absolute atomic E-state index is 0.438. The minimum atomic E-state index is 0.438. The fourth-order valence-corrected chi connectivity index (χ4v) is 1.99. The summed E-state index contributed by atoms with van der Waals surface area (Å²) in [5, 5.41) is 8.47. The lowest BCUT2D eigenvalue weighted by atomic mass is 10.4. The zero-order valence-corrected chi connectivity index (χ0v) is 11.7. The number of halogens is 1. The summed E-state index contributed by atoms with van der Waals surface area (Å²) < 4.78 is 1.68. The van der Waals surface area contributed by atoms with Gasteiger partial charge in [0, 0.05) is 26.1 Å². The van der Waals surface area contributed by atoms with Crippen molar-refractivity contribution in [2.75, 3.05) is 18.1 Å². The van der Waals surface area contributed by atoms with E-state index in [-0.39, 0.29) is 0 Å². The van der Waals surface area contributed by atoms with Crippen molar-refractivity contribution in [3.63, 3.8) is 0 Å². The van der Waals surface area contributed by atoms with Crippen LogP contribution in [0.5, 0.6) is 0 Å². The van der Waals surface area contributed by atoms with Crippen LogP contribution in [0.1, 0.15) is 5.82 Å². The summed E-state index contributed by atoms with van der Waals surface area (Å²) in [6.45, 7) is 0.700. The van der Waals surface area contributed by atoms with E-state index in [0.29, 0.717) is 16.9 Å². The van der Waals surface area contributed by atoms with Gasteiger partial charge in [-0.15, -0.1) is 0 Å². The van der Waals surface area contributed by atoms with Gasteiger partial charge in [-0.3, -0.25) is 4.68 Å². The highest BCUT2D eigenvalue weighted by molar-refractivity contribution is 7.98. The Labute approximate surface area is 114 Å².